The van der Waals surface area contributed by atoms with Gasteiger partial charge in [-0.05, 0) is 18.6 Å². The number of fused-ring (bicyclic) bond motifs is 1. The second-order valence-electron chi connectivity index (χ2n) is 4.01. The number of thioether (sulfide) groups is 1. The molecule has 0 N–H and O–H groups in total. The summed E-state index contributed by atoms with van der Waals surface area (Å²) in [4.78, 5) is 16.2. The average molecular weight is 265 g/mol. The summed E-state index contributed by atoms with van der Waals surface area (Å²) in [6.07, 6.45) is 0.916. The average Bonchev–Trinajstić information content (AvgIpc) is 2.77. The number of hydrogen-bond acceptors (Lipinski definition) is 4. The fraction of sp³-hybridized carbons (Fsp3) is 0.385. The van der Waals surface area contributed by atoms with E-state index < -0.39 is 0 Å². The second-order valence-corrected chi connectivity index (χ2v) is 6.26. The fourth-order valence-electron chi connectivity index (χ4n) is 1.42. The molecule has 1 heterocycles. The zero-order chi connectivity index (χ0) is 12.3. The number of Topliss-reactive ketones (excluding diaryl/α,β-unsaturated/α-hetero) is 1. The van der Waals surface area contributed by atoms with Gasteiger partial charge in [0, 0.05) is 5.92 Å². The topological polar surface area (TPSA) is 30.0 Å². The molecule has 0 amide bonds. The first-order valence-corrected chi connectivity index (χ1v) is 7.52. The molecular formula is C13H15NOS2. The molecule has 4 heteroatoms. The van der Waals surface area contributed by atoms with Crippen molar-refractivity contribution in [3.05, 3.63) is 24.3 Å². The van der Waals surface area contributed by atoms with E-state index in [1.54, 1.807) is 23.1 Å². The first-order chi connectivity index (χ1) is 8.20. The van der Waals surface area contributed by atoms with E-state index >= 15 is 0 Å². The van der Waals surface area contributed by atoms with Crippen LogP contribution in [0.3, 0.4) is 0 Å². The van der Waals surface area contributed by atoms with E-state index in [9.17, 15) is 4.79 Å². The lowest BCUT2D eigenvalue weighted by atomic mass is 10.1. The van der Waals surface area contributed by atoms with Crippen LogP contribution in [0, 0.1) is 5.92 Å². The minimum Gasteiger partial charge on any atom is -0.298 e. The highest BCUT2D eigenvalue weighted by Gasteiger charge is 2.12. The normalized spacial score (nSPS) is 12.8. The standard InChI is InChI=1S/C13H15NOS2/c1-3-9(2)11(15)8-16-13-14-10-6-4-5-7-12(10)17-13/h4-7,9H,3,8H2,1-2H3. The van der Waals surface area contributed by atoms with Gasteiger partial charge in [0.2, 0.25) is 0 Å². The number of rotatable bonds is 5. The number of nitrogens with zero attached hydrogens (tertiary/aromatic N) is 1. The van der Waals surface area contributed by atoms with Crippen molar-refractivity contribution < 1.29 is 4.79 Å². The summed E-state index contributed by atoms with van der Waals surface area (Å²) in [5, 5.41) is 0. The van der Waals surface area contributed by atoms with Crippen molar-refractivity contribution in [1.82, 2.24) is 4.98 Å². The molecule has 2 nitrogen and oxygen atoms in total. The van der Waals surface area contributed by atoms with Gasteiger partial charge in [-0.1, -0.05) is 37.7 Å². The van der Waals surface area contributed by atoms with Crippen molar-refractivity contribution in [3.8, 4) is 0 Å². The first kappa shape index (κ1) is 12.6. The quantitative estimate of drug-likeness (QED) is 0.765. The van der Waals surface area contributed by atoms with E-state index in [0.717, 1.165) is 16.3 Å². The number of benzene rings is 1. The predicted octanol–water partition coefficient (Wildman–Crippen LogP) is 4.00. The second kappa shape index (κ2) is 5.65. The highest BCUT2D eigenvalue weighted by Crippen LogP contribution is 2.29. The molecule has 1 aromatic carbocycles. The zero-order valence-electron chi connectivity index (χ0n) is 9.97. The Labute approximate surface area is 109 Å². The van der Waals surface area contributed by atoms with E-state index in [0.29, 0.717) is 11.5 Å². The molecule has 0 fully saturated rings. The Balaban J connectivity index is 2.02. The van der Waals surface area contributed by atoms with Crippen LogP contribution >= 0.6 is 23.1 Å². The lowest BCUT2D eigenvalue weighted by molar-refractivity contribution is -0.119. The summed E-state index contributed by atoms with van der Waals surface area (Å²) in [6, 6.07) is 8.07. The monoisotopic (exact) mass is 265 g/mol. The maximum Gasteiger partial charge on any atom is 0.151 e. The highest BCUT2D eigenvalue weighted by atomic mass is 32.2. The molecule has 1 aromatic heterocycles. The Morgan fingerprint density at radius 3 is 2.94 bits per heavy atom. The van der Waals surface area contributed by atoms with Crippen molar-refractivity contribution in [3.63, 3.8) is 0 Å². The number of carbonyl (C=O) groups excluding carboxylic acids is 1. The van der Waals surface area contributed by atoms with E-state index in [4.69, 9.17) is 0 Å². The van der Waals surface area contributed by atoms with Crippen LogP contribution in [0.1, 0.15) is 20.3 Å². The summed E-state index contributed by atoms with van der Waals surface area (Å²) in [5.41, 5.74) is 1.02. The smallest absolute Gasteiger partial charge is 0.151 e. The summed E-state index contributed by atoms with van der Waals surface area (Å²) in [7, 11) is 0. The molecule has 0 aliphatic heterocycles. The van der Waals surface area contributed by atoms with Crippen LogP contribution < -0.4 is 0 Å². The van der Waals surface area contributed by atoms with E-state index in [2.05, 4.69) is 11.1 Å². The molecule has 0 saturated carbocycles. The molecule has 1 atom stereocenters. The number of hydrogen-bond donors (Lipinski definition) is 0. The minimum atomic E-state index is 0.164. The SMILES string of the molecule is CCC(C)C(=O)CSc1nc2ccccc2s1. The van der Waals surface area contributed by atoms with Crippen LogP contribution in [0.15, 0.2) is 28.6 Å². The van der Waals surface area contributed by atoms with Gasteiger partial charge in [0.15, 0.2) is 4.34 Å². The lowest BCUT2D eigenvalue weighted by Crippen LogP contribution is -2.11. The van der Waals surface area contributed by atoms with Crippen molar-refractivity contribution >= 4 is 39.1 Å². The van der Waals surface area contributed by atoms with Crippen LogP contribution in [0.4, 0.5) is 0 Å². The molecule has 1 unspecified atom stereocenters. The van der Waals surface area contributed by atoms with Crippen LogP contribution in [0.2, 0.25) is 0 Å². The largest absolute Gasteiger partial charge is 0.298 e. The predicted molar refractivity (Wildman–Crippen MR) is 74.8 cm³/mol. The van der Waals surface area contributed by atoms with Gasteiger partial charge in [-0.25, -0.2) is 4.98 Å². The number of para-hydroxylation sites is 1. The first-order valence-electron chi connectivity index (χ1n) is 5.71. The van der Waals surface area contributed by atoms with Gasteiger partial charge in [0.05, 0.1) is 16.0 Å². The van der Waals surface area contributed by atoms with Gasteiger partial charge in [-0.15, -0.1) is 11.3 Å². The Kier molecular flexibility index (Phi) is 4.18. The van der Waals surface area contributed by atoms with Gasteiger partial charge in [0.1, 0.15) is 5.78 Å². The van der Waals surface area contributed by atoms with Gasteiger partial charge >= 0.3 is 0 Å². The summed E-state index contributed by atoms with van der Waals surface area (Å²) >= 11 is 3.21. The van der Waals surface area contributed by atoms with Crippen LogP contribution in [-0.2, 0) is 4.79 Å². The highest BCUT2D eigenvalue weighted by molar-refractivity contribution is 8.01. The molecule has 2 rings (SSSR count). The summed E-state index contributed by atoms with van der Waals surface area (Å²) in [5.74, 6) is 1.02. The lowest BCUT2D eigenvalue weighted by Gasteiger charge is -2.04. The number of ketones is 1. The van der Waals surface area contributed by atoms with Crippen molar-refractivity contribution in [1.29, 1.82) is 0 Å². The van der Waals surface area contributed by atoms with Gasteiger partial charge < -0.3 is 0 Å². The fourth-order valence-corrected chi connectivity index (χ4v) is 3.51. The van der Waals surface area contributed by atoms with E-state index in [1.165, 1.54) is 4.70 Å². The van der Waals surface area contributed by atoms with Gasteiger partial charge in [-0.2, -0.15) is 0 Å². The number of thiazole rings is 1. The number of carbonyl (C=O) groups is 1. The van der Waals surface area contributed by atoms with Crippen molar-refractivity contribution in [2.24, 2.45) is 5.92 Å². The maximum atomic E-state index is 11.7. The van der Waals surface area contributed by atoms with E-state index in [1.807, 2.05) is 32.0 Å². The molecule has 0 spiro atoms. The van der Waals surface area contributed by atoms with Crippen LogP contribution in [0.5, 0.6) is 0 Å². The number of aromatic nitrogens is 1. The molecular weight excluding hydrogens is 250 g/mol. The molecule has 0 aliphatic rings. The van der Waals surface area contributed by atoms with E-state index in [-0.39, 0.29) is 5.92 Å². The summed E-state index contributed by atoms with van der Waals surface area (Å²) in [6.45, 7) is 4.03. The van der Waals surface area contributed by atoms with Crippen molar-refractivity contribution in [2.45, 2.75) is 24.6 Å². The third-order valence-electron chi connectivity index (χ3n) is 2.77. The van der Waals surface area contributed by atoms with Gasteiger partial charge in [0.25, 0.3) is 0 Å². The van der Waals surface area contributed by atoms with Crippen molar-refractivity contribution in [2.75, 3.05) is 5.75 Å². The maximum absolute atomic E-state index is 11.7. The Morgan fingerprint density at radius 1 is 1.47 bits per heavy atom. The summed E-state index contributed by atoms with van der Waals surface area (Å²) < 4.78 is 2.17. The molecule has 0 aliphatic carbocycles. The Morgan fingerprint density at radius 2 is 2.24 bits per heavy atom. The molecule has 0 saturated heterocycles. The van der Waals surface area contributed by atoms with Crippen LogP contribution in [0.25, 0.3) is 10.2 Å². The molecule has 90 valence electrons. The molecule has 2 aromatic rings. The van der Waals surface area contributed by atoms with Gasteiger partial charge in [-0.3, -0.25) is 4.79 Å². The zero-order valence-corrected chi connectivity index (χ0v) is 11.6. The minimum absolute atomic E-state index is 0.164. The third-order valence-corrected chi connectivity index (χ3v) is 4.98. The Hall–Kier alpha value is -0.870. The Bertz CT molecular complexity index is 488. The molecule has 17 heavy (non-hydrogen) atoms. The molecule has 0 bridgehead atoms. The third kappa shape index (κ3) is 3.07. The van der Waals surface area contributed by atoms with Crippen LogP contribution in [-0.4, -0.2) is 16.5 Å². The molecule has 0 radical (unpaired) electrons.